The molecule has 168 valence electrons. The van der Waals surface area contributed by atoms with E-state index in [4.69, 9.17) is 0 Å². The number of tetrazole rings is 1. The number of rotatable bonds is 9. The maximum Gasteiger partial charge on any atom is 0.307 e. The van der Waals surface area contributed by atoms with Crippen LogP contribution in [0, 0.1) is 5.92 Å². The van der Waals surface area contributed by atoms with E-state index in [0.29, 0.717) is 24.6 Å². The van der Waals surface area contributed by atoms with Crippen LogP contribution in [0.4, 0.5) is 0 Å². The van der Waals surface area contributed by atoms with E-state index < -0.39 is 11.9 Å². The van der Waals surface area contributed by atoms with Crippen molar-refractivity contribution in [3.05, 3.63) is 65.5 Å². The molecule has 1 aliphatic rings. The summed E-state index contributed by atoms with van der Waals surface area (Å²) in [5, 5.41) is 24.2. The zero-order valence-corrected chi connectivity index (χ0v) is 18.7. The predicted molar refractivity (Wildman–Crippen MR) is 124 cm³/mol. The van der Waals surface area contributed by atoms with Gasteiger partial charge in [0.15, 0.2) is 5.82 Å². The van der Waals surface area contributed by atoms with Crippen molar-refractivity contribution >= 4 is 5.97 Å². The minimum absolute atomic E-state index is 0.324. The average Bonchev–Trinajstić information content (AvgIpc) is 3.37. The van der Waals surface area contributed by atoms with E-state index in [1.54, 1.807) is 0 Å². The molecule has 1 aromatic heterocycles. The largest absolute Gasteiger partial charge is 0.481 e. The van der Waals surface area contributed by atoms with Crippen molar-refractivity contribution in [1.82, 2.24) is 20.6 Å². The minimum Gasteiger partial charge on any atom is -0.481 e. The molecule has 1 heterocycles. The SMILES string of the molecule is CCC[C@H](C(=O)O)[C@H](Cc1cccc(-c2ccc(C3CCCCC3)cc2)c1)c1nn[nH]n1. The summed E-state index contributed by atoms with van der Waals surface area (Å²) in [5.41, 5.74) is 4.86. The monoisotopic (exact) mass is 432 g/mol. The fraction of sp³-hybridized carbons (Fsp3) is 0.462. The summed E-state index contributed by atoms with van der Waals surface area (Å²) in [6.07, 6.45) is 8.58. The van der Waals surface area contributed by atoms with Crippen LogP contribution >= 0.6 is 0 Å². The van der Waals surface area contributed by atoms with Crippen LogP contribution in [0.25, 0.3) is 11.1 Å². The number of hydrogen-bond donors (Lipinski definition) is 2. The Morgan fingerprint density at radius 1 is 1.09 bits per heavy atom. The molecule has 2 atom stereocenters. The van der Waals surface area contributed by atoms with Crippen LogP contribution in [0.5, 0.6) is 0 Å². The number of H-pyrrole nitrogens is 1. The minimum atomic E-state index is -0.809. The number of carbonyl (C=O) groups is 1. The smallest absolute Gasteiger partial charge is 0.307 e. The molecule has 0 aliphatic heterocycles. The van der Waals surface area contributed by atoms with Crippen LogP contribution in [-0.2, 0) is 11.2 Å². The Labute approximate surface area is 189 Å². The third kappa shape index (κ3) is 5.23. The van der Waals surface area contributed by atoms with Gasteiger partial charge in [-0.2, -0.15) is 5.21 Å². The van der Waals surface area contributed by atoms with Crippen LogP contribution in [-0.4, -0.2) is 31.7 Å². The molecule has 3 aromatic rings. The van der Waals surface area contributed by atoms with E-state index in [2.05, 4.69) is 63.1 Å². The third-order valence-electron chi connectivity index (χ3n) is 6.80. The predicted octanol–water partition coefficient (Wildman–Crippen LogP) is 5.74. The van der Waals surface area contributed by atoms with Crippen molar-refractivity contribution in [2.24, 2.45) is 5.92 Å². The normalized spacial score (nSPS) is 16.5. The standard InChI is InChI=1S/C26H32N4O2/c1-2-7-23(26(31)32)24(25-27-29-30-28-25)17-18-8-6-11-22(16-18)21-14-12-20(13-15-21)19-9-4-3-5-10-19/h6,8,11-16,19,23-24H,2-5,7,9-10,17H2,1H3,(H,31,32)(H,27,28,29,30)/t23-,24-/m0/s1. The summed E-state index contributed by atoms with van der Waals surface area (Å²) in [7, 11) is 0. The van der Waals surface area contributed by atoms with E-state index in [1.165, 1.54) is 43.2 Å². The summed E-state index contributed by atoms with van der Waals surface area (Å²) in [5.74, 6) is -0.512. The molecule has 1 aliphatic carbocycles. The molecule has 0 bridgehead atoms. The van der Waals surface area contributed by atoms with Crippen molar-refractivity contribution in [2.75, 3.05) is 0 Å². The van der Waals surface area contributed by atoms with Gasteiger partial charge < -0.3 is 5.11 Å². The number of aromatic nitrogens is 4. The molecule has 0 unspecified atom stereocenters. The van der Waals surface area contributed by atoms with Gasteiger partial charge in [0.2, 0.25) is 0 Å². The van der Waals surface area contributed by atoms with Gasteiger partial charge in [-0.1, -0.05) is 86.4 Å². The maximum absolute atomic E-state index is 12.0. The summed E-state index contributed by atoms with van der Waals surface area (Å²) >= 11 is 0. The fourth-order valence-electron chi connectivity index (χ4n) is 5.06. The van der Waals surface area contributed by atoms with E-state index in [9.17, 15) is 9.90 Å². The number of nitrogens with one attached hydrogen (secondary N) is 1. The van der Waals surface area contributed by atoms with Gasteiger partial charge in [-0.05, 0) is 53.9 Å². The molecule has 1 fully saturated rings. The highest BCUT2D eigenvalue weighted by Gasteiger charge is 2.32. The molecular formula is C26H32N4O2. The highest BCUT2D eigenvalue weighted by Crippen LogP contribution is 2.34. The van der Waals surface area contributed by atoms with E-state index in [0.717, 1.165) is 17.5 Å². The summed E-state index contributed by atoms with van der Waals surface area (Å²) < 4.78 is 0. The van der Waals surface area contributed by atoms with E-state index in [-0.39, 0.29) is 5.92 Å². The van der Waals surface area contributed by atoms with Gasteiger partial charge in [0.05, 0.1) is 5.92 Å². The first-order valence-electron chi connectivity index (χ1n) is 11.8. The average molecular weight is 433 g/mol. The number of hydrogen-bond acceptors (Lipinski definition) is 4. The molecule has 0 amide bonds. The summed E-state index contributed by atoms with van der Waals surface area (Å²) in [6.45, 7) is 2.00. The van der Waals surface area contributed by atoms with Gasteiger partial charge >= 0.3 is 5.97 Å². The van der Waals surface area contributed by atoms with Gasteiger partial charge in [0, 0.05) is 5.92 Å². The molecule has 2 N–H and O–H groups in total. The number of nitrogens with zero attached hydrogens (tertiary/aromatic N) is 3. The molecule has 2 aromatic carbocycles. The van der Waals surface area contributed by atoms with Gasteiger partial charge in [0.1, 0.15) is 0 Å². The molecule has 0 radical (unpaired) electrons. The van der Waals surface area contributed by atoms with Gasteiger partial charge in [0.25, 0.3) is 0 Å². The Morgan fingerprint density at radius 2 is 1.88 bits per heavy atom. The van der Waals surface area contributed by atoms with E-state index in [1.807, 2.05) is 13.0 Å². The fourth-order valence-corrected chi connectivity index (χ4v) is 5.06. The van der Waals surface area contributed by atoms with Gasteiger partial charge in [-0.3, -0.25) is 4.79 Å². The molecule has 0 spiro atoms. The second-order valence-corrected chi connectivity index (χ2v) is 8.97. The quantitative estimate of drug-likeness (QED) is 0.450. The summed E-state index contributed by atoms with van der Waals surface area (Å²) in [4.78, 5) is 12.0. The first kappa shape index (κ1) is 22.2. The van der Waals surface area contributed by atoms with Crippen molar-refractivity contribution in [3.63, 3.8) is 0 Å². The van der Waals surface area contributed by atoms with E-state index >= 15 is 0 Å². The highest BCUT2D eigenvalue weighted by atomic mass is 16.4. The van der Waals surface area contributed by atoms with Crippen LogP contribution in [0.1, 0.15) is 80.7 Å². The number of benzene rings is 2. The number of aromatic amines is 1. The summed E-state index contributed by atoms with van der Waals surface area (Å²) in [6, 6.07) is 17.4. The van der Waals surface area contributed by atoms with Crippen LogP contribution in [0.3, 0.4) is 0 Å². The van der Waals surface area contributed by atoms with Crippen molar-refractivity contribution in [3.8, 4) is 11.1 Å². The van der Waals surface area contributed by atoms with Crippen molar-refractivity contribution in [1.29, 1.82) is 0 Å². The first-order valence-corrected chi connectivity index (χ1v) is 11.8. The topological polar surface area (TPSA) is 91.8 Å². The third-order valence-corrected chi connectivity index (χ3v) is 6.80. The maximum atomic E-state index is 12.0. The lowest BCUT2D eigenvalue weighted by molar-refractivity contribution is -0.142. The Bertz CT molecular complexity index is 995. The molecule has 32 heavy (non-hydrogen) atoms. The van der Waals surface area contributed by atoms with Crippen LogP contribution in [0.2, 0.25) is 0 Å². The van der Waals surface area contributed by atoms with Gasteiger partial charge in [-0.15, -0.1) is 10.2 Å². The van der Waals surface area contributed by atoms with Gasteiger partial charge in [-0.25, -0.2) is 0 Å². The molecule has 0 saturated heterocycles. The van der Waals surface area contributed by atoms with Crippen LogP contribution in [0.15, 0.2) is 48.5 Å². The lowest BCUT2D eigenvalue weighted by atomic mass is 9.82. The number of carboxylic acids is 1. The van der Waals surface area contributed by atoms with Crippen molar-refractivity contribution in [2.45, 2.75) is 70.1 Å². The zero-order valence-electron chi connectivity index (χ0n) is 18.7. The molecule has 1 saturated carbocycles. The second kappa shape index (κ2) is 10.5. The zero-order chi connectivity index (χ0) is 22.3. The van der Waals surface area contributed by atoms with Crippen molar-refractivity contribution < 1.29 is 9.90 Å². The second-order valence-electron chi connectivity index (χ2n) is 8.97. The Kier molecular flexibility index (Phi) is 7.30. The number of aliphatic carboxylic acids is 1. The Balaban J connectivity index is 1.55. The van der Waals surface area contributed by atoms with Crippen LogP contribution < -0.4 is 0 Å². The lowest BCUT2D eigenvalue weighted by Gasteiger charge is -2.22. The Morgan fingerprint density at radius 3 is 2.53 bits per heavy atom. The Hall–Kier alpha value is -3.02. The first-order chi connectivity index (χ1) is 15.7. The highest BCUT2D eigenvalue weighted by molar-refractivity contribution is 5.71. The number of carboxylic acid groups (broad SMARTS) is 1. The molecule has 6 nitrogen and oxygen atoms in total. The molecular weight excluding hydrogens is 400 g/mol. The lowest BCUT2D eigenvalue weighted by Crippen LogP contribution is -2.25. The molecule has 4 rings (SSSR count). The molecule has 6 heteroatoms.